The molecule has 0 saturated carbocycles. The number of aromatic nitrogens is 1. The molecule has 2 rings (SSSR count). The molecule has 0 aliphatic heterocycles. The van der Waals surface area contributed by atoms with Crippen LogP contribution in [0.2, 0.25) is 0 Å². The van der Waals surface area contributed by atoms with Crippen LogP contribution in [0.5, 0.6) is 5.75 Å². The summed E-state index contributed by atoms with van der Waals surface area (Å²) in [6, 6.07) is 7.64. The normalized spacial score (nSPS) is 10.6. The first-order valence-electron chi connectivity index (χ1n) is 7.55. The fourth-order valence-corrected chi connectivity index (χ4v) is 2.40. The molecule has 0 radical (unpaired) electrons. The maximum atomic E-state index is 12.0. The third-order valence-electron chi connectivity index (χ3n) is 3.47. The average molecular weight is 315 g/mol. The van der Waals surface area contributed by atoms with Crippen LogP contribution in [0.3, 0.4) is 0 Å². The Hall–Kier alpha value is -2.68. The van der Waals surface area contributed by atoms with Crippen molar-refractivity contribution in [3.63, 3.8) is 0 Å². The minimum atomic E-state index is -0.556. The van der Waals surface area contributed by atoms with Crippen LogP contribution >= 0.6 is 0 Å². The van der Waals surface area contributed by atoms with Crippen molar-refractivity contribution in [1.82, 2.24) is 4.57 Å². The van der Waals surface area contributed by atoms with Crippen molar-refractivity contribution in [3.8, 4) is 11.8 Å². The zero-order chi connectivity index (χ0) is 17.0. The number of anilines is 1. The van der Waals surface area contributed by atoms with E-state index in [1.807, 2.05) is 37.5 Å². The Bertz CT molecular complexity index is 757. The number of amides is 1. The highest BCUT2D eigenvalue weighted by atomic mass is 16.5. The van der Waals surface area contributed by atoms with E-state index in [2.05, 4.69) is 11.4 Å². The van der Waals surface area contributed by atoms with E-state index in [1.165, 1.54) is 0 Å². The molecule has 0 saturated heterocycles. The van der Waals surface area contributed by atoms with Crippen molar-refractivity contribution >= 4 is 22.8 Å². The van der Waals surface area contributed by atoms with Crippen LogP contribution in [-0.4, -0.2) is 24.4 Å². The molecule has 1 N–H and O–H groups in total. The van der Waals surface area contributed by atoms with Crippen LogP contribution < -0.4 is 10.1 Å². The molecule has 1 heterocycles. The van der Waals surface area contributed by atoms with Gasteiger partial charge in [0, 0.05) is 18.0 Å². The summed E-state index contributed by atoms with van der Waals surface area (Å²) in [6.07, 6.45) is -0.556. The van der Waals surface area contributed by atoms with Gasteiger partial charge in [-0.05, 0) is 25.0 Å². The molecule has 1 aromatic carbocycles. The minimum absolute atomic E-state index is 0.248. The maximum absolute atomic E-state index is 12.0. The second kappa shape index (κ2) is 7.05. The van der Waals surface area contributed by atoms with Gasteiger partial charge in [0.2, 0.25) is 0 Å². The van der Waals surface area contributed by atoms with Gasteiger partial charge in [0.15, 0.2) is 0 Å². The van der Waals surface area contributed by atoms with E-state index >= 15 is 0 Å². The molecular formula is C17H21N3O3. The topological polar surface area (TPSA) is 76.3 Å². The molecule has 0 aliphatic rings. The number of hydrogen-bond donors (Lipinski definition) is 1. The average Bonchev–Trinajstić information content (AvgIpc) is 2.84. The van der Waals surface area contributed by atoms with E-state index in [-0.39, 0.29) is 5.92 Å². The number of ether oxygens (including phenoxy) is 2. The summed E-state index contributed by atoms with van der Waals surface area (Å²) in [5.41, 5.74) is 1.26. The molecule has 0 atom stereocenters. The van der Waals surface area contributed by atoms with Crippen molar-refractivity contribution in [1.29, 1.82) is 5.26 Å². The highest BCUT2D eigenvalue weighted by Crippen LogP contribution is 2.32. The Balaban J connectivity index is 2.45. The van der Waals surface area contributed by atoms with Crippen molar-refractivity contribution < 1.29 is 14.3 Å². The Kier molecular flexibility index (Phi) is 5.12. The Morgan fingerprint density at radius 3 is 2.74 bits per heavy atom. The molecule has 2 aromatic rings. The number of benzene rings is 1. The molecule has 1 aromatic heterocycles. The van der Waals surface area contributed by atoms with Crippen LogP contribution in [0, 0.1) is 17.2 Å². The van der Waals surface area contributed by atoms with E-state index in [0.29, 0.717) is 30.3 Å². The van der Waals surface area contributed by atoms with Crippen LogP contribution in [0.25, 0.3) is 10.9 Å². The molecule has 23 heavy (non-hydrogen) atoms. The molecule has 6 nitrogen and oxygen atoms in total. The second-order valence-corrected chi connectivity index (χ2v) is 5.58. The number of nitriles is 1. The summed E-state index contributed by atoms with van der Waals surface area (Å²) in [7, 11) is 1.59. The van der Waals surface area contributed by atoms with Gasteiger partial charge in [-0.2, -0.15) is 5.26 Å². The molecule has 0 unspecified atom stereocenters. The van der Waals surface area contributed by atoms with Crippen LogP contribution in [0.4, 0.5) is 10.6 Å². The third-order valence-corrected chi connectivity index (χ3v) is 3.47. The lowest BCUT2D eigenvalue weighted by Crippen LogP contribution is -2.19. The van der Waals surface area contributed by atoms with E-state index in [9.17, 15) is 10.1 Å². The lowest BCUT2D eigenvalue weighted by atomic mass is 10.2. The van der Waals surface area contributed by atoms with Crippen molar-refractivity contribution in [2.75, 3.05) is 19.0 Å². The Morgan fingerprint density at radius 2 is 2.17 bits per heavy atom. The molecule has 0 aliphatic carbocycles. The van der Waals surface area contributed by atoms with Gasteiger partial charge in [0.25, 0.3) is 0 Å². The highest BCUT2D eigenvalue weighted by molar-refractivity contribution is 5.97. The molecule has 6 heteroatoms. The quantitative estimate of drug-likeness (QED) is 0.911. The third kappa shape index (κ3) is 3.39. The monoisotopic (exact) mass is 315 g/mol. The first-order valence-corrected chi connectivity index (χ1v) is 7.55. The first kappa shape index (κ1) is 16.7. The fourth-order valence-electron chi connectivity index (χ4n) is 2.40. The van der Waals surface area contributed by atoms with E-state index in [0.717, 1.165) is 10.9 Å². The number of nitrogens with one attached hydrogen (secondary N) is 1. The van der Waals surface area contributed by atoms with E-state index in [4.69, 9.17) is 9.47 Å². The first-order chi connectivity index (χ1) is 11.0. The smallest absolute Gasteiger partial charge is 0.412 e. The minimum Gasteiger partial charge on any atom is -0.497 e. The number of nitrogens with zero attached hydrogens (tertiary/aromatic N) is 2. The predicted molar refractivity (Wildman–Crippen MR) is 88.7 cm³/mol. The Labute approximate surface area is 135 Å². The predicted octanol–water partition coefficient (Wildman–Crippen LogP) is 3.75. The number of carbonyl (C=O) groups excluding carboxylic acids is 1. The van der Waals surface area contributed by atoms with Crippen molar-refractivity contribution in [2.45, 2.75) is 27.3 Å². The zero-order valence-electron chi connectivity index (χ0n) is 13.8. The zero-order valence-corrected chi connectivity index (χ0v) is 13.8. The molecule has 122 valence electrons. The summed E-state index contributed by atoms with van der Waals surface area (Å²) in [5, 5.41) is 13.0. The lowest BCUT2D eigenvalue weighted by Gasteiger charge is -2.11. The van der Waals surface area contributed by atoms with Crippen molar-refractivity contribution in [2.24, 2.45) is 5.92 Å². The van der Waals surface area contributed by atoms with Gasteiger partial charge >= 0.3 is 6.09 Å². The number of carbonyl (C=O) groups is 1. The highest BCUT2D eigenvalue weighted by Gasteiger charge is 2.19. The van der Waals surface area contributed by atoms with Gasteiger partial charge in [-0.3, -0.25) is 5.32 Å². The summed E-state index contributed by atoms with van der Waals surface area (Å²) in [5.74, 6) is 1.40. The van der Waals surface area contributed by atoms with Gasteiger partial charge in [-0.25, -0.2) is 4.79 Å². The summed E-state index contributed by atoms with van der Waals surface area (Å²) in [6.45, 7) is 6.80. The number of methoxy groups -OCH3 is 1. The summed E-state index contributed by atoms with van der Waals surface area (Å²) >= 11 is 0. The van der Waals surface area contributed by atoms with Gasteiger partial charge in [0.05, 0.1) is 19.2 Å². The molecule has 0 spiro atoms. The van der Waals surface area contributed by atoms with Gasteiger partial charge < -0.3 is 14.0 Å². The van der Waals surface area contributed by atoms with Gasteiger partial charge in [0.1, 0.15) is 23.2 Å². The SMILES string of the molecule is CCn1c(NC(=O)OCC(C)C)c(C#N)c2ccc(OC)cc21. The Morgan fingerprint density at radius 1 is 1.43 bits per heavy atom. The number of hydrogen-bond acceptors (Lipinski definition) is 4. The lowest BCUT2D eigenvalue weighted by molar-refractivity contribution is 0.147. The largest absolute Gasteiger partial charge is 0.497 e. The standard InChI is InChI=1S/C17H21N3O3/c1-5-20-15-8-12(22-4)6-7-13(15)14(9-18)16(20)19-17(21)23-10-11(2)3/h6-8,11H,5,10H2,1-4H3,(H,19,21). The van der Waals surface area contributed by atoms with Gasteiger partial charge in [-0.1, -0.05) is 13.8 Å². The van der Waals surface area contributed by atoms with Gasteiger partial charge in [-0.15, -0.1) is 0 Å². The summed E-state index contributed by atoms with van der Waals surface area (Å²) < 4.78 is 12.3. The molecule has 0 bridgehead atoms. The maximum Gasteiger partial charge on any atom is 0.412 e. The molecule has 1 amide bonds. The number of aryl methyl sites for hydroxylation is 1. The second-order valence-electron chi connectivity index (χ2n) is 5.58. The summed E-state index contributed by atoms with van der Waals surface area (Å²) in [4.78, 5) is 12.0. The van der Waals surface area contributed by atoms with Crippen LogP contribution in [0.15, 0.2) is 18.2 Å². The van der Waals surface area contributed by atoms with E-state index in [1.54, 1.807) is 13.2 Å². The fraction of sp³-hybridized carbons (Fsp3) is 0.412. The number of rotatable bonds is 5. The van der Waals surface area contributed by atoms with Crippen molar-refractivity contribution in [3.05, 3.63) is 23.8 Å². The van der Waals surface area contributed by atoms with E-state index < -0.39 is 6.09 Å². The molecule has 0 fully saturated rings. The number of fused-ring (bicyclic) bond motifs is 1. The molecular weight excluding hydrogens is 294 g/mol. The van der Waals surface area contributed by atoms with Crippen LogP contribution in [0.1, 0.15) is 26.3 Å². The van der Waals surface area contributed by atoms with Crippen LogP contribution in [-0.2, 0) is 11.3 Å².